The van der Waals surface area contributed by atoms with E-state index in [1.54, 1.807) is 22.7 Å². The first-order valence-electron chi connectivity index (χ1n) is 9.20. The van der Waals surface area contributed by atoms with Crippen molar-refractivity contribution in [2.75, 3.05) is 26.2 Å². The molecule has 1 saturated heterocycles. The van der Waals surface area contributed by atoms with Crippen molar-refractivity contribution in [2.24, 2.45) is 0 Å². The van der Waals surface area contributed by atoms with E-state index >= 15 is 0 Å². The fourth-order valence-electron chi connectivity index (χ4n) is 3.36. The van der Waals surface area contributed by atoms with E-state index in [0.717, 1.165) is 49.0 Å². The lowest BCUT2D eigenvalue weighted by Gasteiger charge is -2.35. The van der Waals surface area contributed by atoms with Gasteiger partial charge in [-0.2, -0.15) is 11.3 Å². The van der Waals surface area contributed by atoms with Crippen LogP contribution in [0.15, 0.2) is 46.5 Å². The SMILES string of the molecule is Cc1ccccc1CN1CCN(C(=O)Cc2csc(-c3ccsc3)n2)CC1. The smallest absolute Gasteiger partial charge is 0.228 e. The van der Waals surface area contributed by atoms with Gasteiger partial charge in [-0.15, -0.1) is 11.3 Å². The molecule has 0 N–H and O–H groups in total. The molecule has 1 aliphatic rings. The molecule has 1 amide bonds. The maximum atomic E-state index is 12.7. The molecule has 4 nitrogen and oxygen atoms in total. The molecule has 4 rings (SSSR count). The molecule has 0 saturated carbocycles. The van der Waals surface area contributed by atoms with E-state index < -0.39 is 0 Å². The number of nitrogens with zero attached hydrogens (tertiary/aromatic N) is 3. The zero-order valence-corrected chi connectivity index (χ0v) is 17.1. The van der Waals surface area contributed by atoms with Crippen molar-refractivity contribution in [1.82, 2.24) is 14.8 Å². The van der Waals surface area contributed by atoms with Crippen molar-refractivity contribution in [3.63, 3.8) is 0 Å². The molecular formula is C21H23N3OS2. The van der Waals surface area contributed by atoms with Crippen molar-refractivity contribution in [3.8, 4) is 10.6 Å². The van der Waals surface area contributed by atoms with Gasteiger partial charge in [-0.05, 0) is 29.5 Å². The summed E-state index contributed by atoms with van der Waals surface area (Å²) in [6, 6.07) is 10.6. The monoisotopic (exact) mass is 397 g/mol. The zero-order chi connectivity index (χ0) is 18.6. The van der Waals surface area contributed by atoms with Crippen LogP contribution in [0.5, 0.6) is 0 Å². The van der Waals surface area contributed by atoms with Crippen molar-refractivity contribution in [2.45, 2.75) is 19.9 Å². The molecule has 1 fully saturated rings. The molecule has 0 aliphatic carbocycles. The number of thiazole rings is 1. The summed E-state index contributed by atoms with van der Waals surface area (Å²) >= 11 is 3.28. The number of hydrogen-bond acceptors (Lipinski definition) is 5. The van der Waals surface area contributed by atoms with Crippen LogP contribution in [-0.4, -0.2) is 46.9 Å². The minimum Gasteiger partial charge on any atom is -0.340 e. The van der Waals surface area contributed by atoms with Gasteiger partial charge in [0.15, 0.2) is 0 Å². The molecule has 1 aromatic carbocycles. The predicted molar refractivity (Wildman–Crippen MR) is 112 cm³/mol. The lowest BCUT2D eigenvalue weighted by Crippen LogP contribution is -2.48. The number of benzene rings is 1. The molecule has 1 aliphatic heterocycles. The number of thiophene rings is 1. The summed E-state index contributed by atoms with van der Waals surface area (Å²) in [4.78, 5) is 21.7. The largest absolute Gasteiger partial charge is 0.340 e. The lowest BCUT2D eigenvalue weighted by atomic mass is 10.1. The van der Waals surface area contributed by atoms with E-state index in [1.807, 2.05) is 10.3 Å². The van der Waals surface area contributed by atoms with E-state index in [4.69, 9.17) is 0 Å². The molecule has 3 aromatic rings. The second-order valence-corrected chi connectivity index (χ2v) is 8.55. The van der Waals surface area contributed by atoms with Gasteiger partial charge in [0.25, 0.3) is 0 Å². The minimum absolute atomic E-state index is 0.188. The van der Waals surface area contributed by atoms with Crippen LogP contribution in [0.25, 0.3) is 10.6 Å². The van der Waals surface area contributed by atoms with Crippen LogP contribution < -0.4 is 0 Å². The summed E-state index contributed by atoms with van der Waals surface area (Å²) in [5, 5.41) is 7.16. The van der Waals surface area contributed by atoms with Crippen molar-refractivity contribution in [1.29, 1.82) is 0 Å². The van der Waals surface area contributed by atoms with Crippen LogP contribution in [0.3, 0.4) is 0 Å². The van der Waals surface area contributed by atoms with Crippen LogP contribution in [0, 0.1) is 6.92 Å². The summed E-state index contributed by atoms with van der Waals surface area (Å²) in [7, 11) is 0. The third-order valence-corrected chi connectivity index (χ3v) is 6.66. The van der Waals surface area contributed by atoms with Gasteiger partial charge in [-0.25, -0.2) is 4.98 Å². The van der Waals surface area contributed by atoms with Crippen molar-refractivity contribution >= 4 is 28.6 Å². The Morgan fingerprint density at radius 3 is 2.67 bits per heavy atom. The number of rotatable bonds is 5. The van der Waals surface area contributed by atoms with Gasteiger partial charge >= 0.3 is 0 Å². The summed E-state index contributed by atoms with van der Waals surface area (Å²) in [5.74, 6) is 0.188. The Morgan fingerprint density at radius 2 is 1.93 bits per heavy atom. The highest BCUT2D eigenvalue weighted by molar-refractivity contribution is 7.14. The molecule has 0 atom stereocenters. The van der Waals surface area contributed by atoms with E-state index in [-0.39, 0.29) is 5.91 Å². The number of aryl methyl sites for hydroxylation is 1. The van der Waals surface area contributed by atoms with Crippen molar-refractivity contribution < 1.29 is 4.79 Å². The minimum atomic E-state index is 0.188. The maximum absolute atomic E-state index is 12.7. The predicted octanol–water partition coefficient (Wildman–Crippen LogP) is 4.07. The number of aromatic nitrogens is 1. The van der Waals surface area contributed by atoms with Gasteiger partial charge in [0, 0.05) is 49.0 Å². The Bertz CT molecular complexity index is 896. The average molecular weight is 398 g/mol. The Balaban J connectivity index is 1.29. The molecule has 2 aromatic heterocycles. The maximum Gasteiger partial charge on any atom is 0.228 e. The first-order valence-corrected chi connectivity index (χ1v) is 11.0. The zero-order valence-electron chi connectivity index (χ0n) is 15.4. The molecule has 0 spiro atoms. The Morgan fingerprint density at radius 1 is 1.11 bits per heavy atom. The van der Waals surface area contributed by atoms with Gasteiger partial charge in [0.1, 0.15) is 5.01 Å². The number of piperazine rings is 1. The van der Waals surface area contributed by atoms with Gasteiger partial charge in [0.05, 0.1) is 12.1 Å². The lowest BCUT2D eigenvalue weighted by molar-refractivity contribution is -0.132. The third-order valence-electron chi connectivity index (χ3n) is 5.03. The van der Waals surface area contributed by atoms with E-state index in [0.29, 0.717) is 6.42 Å². The summed E-state index contributed by atoms with van der Waals surface area (Å²) < 4.78 is 0. The molecule has 140 valence electrons. The normalized spacial score (nSPS) is 15.2. The molecule has 6 heteroatoms. The highest BCUT2D eigenvalue weighted by Gasteiger charge is 2.22. The quantitative estimate of drug-likeness (QED) is 0.651. The van der Waals surface area contributed by atoms with E-state index in [9.17, 15) is 4.79 Å². The topological polar surface area (TPSA) is 36.4 Å². The van der Waals surface area contributed by atoms with Gasteiger partial charge in [-0.1, -0.05) is 24.3 Å². The number of carbonyl (C=O) groups is 1. The summed E-state index contributed by atoms with van der Waals surface area (Å²) in [6.07, 6.45) is 0.401. The fraction of sp³-hybridized carbons (Fsp3) is 0.333. The van der Waals surface area contributed by atoms with Crippen LogP contribution in [0.1, 0.15) is 16.8 Å². The Kier molecular flexibility index (Phi) is 5.66. The fourth-order valence-corrected chi connectivity index (χ4v) is 4.89. The number of hydrogen-bond donors (Lipinski definition) is 0. The van der Waals surface area contributed by atoms with E-state index in [2.05, 4.69) is 57.9 Å². The number of amides is 1. The van der Waals surface area contributed by atoms with E-state index in [1.165, 1.54) is 11.1 Å². The molecule has 0 unspecified atom stereocenters. The molecule has 3 heterocycles. The Labute approximate surface area is 168 Å². The van der Waals surface area contributed by atoms with Gasteiger partial charge in [-0.3, -0.25) is 9.69 Å². The Hall–Kier alpha value is -2.02. The molecule has 0 radical (unpaired) electrons. The second kappa shape index (κ2) is 8.33. The molecule has 0 bridgehead atoms. The highest BCUT2D eigenvalue weighted by atomic mass is 32.1. The third kappa shape index (κ3) is 4.46. The van der Waals surface area contributed by atoms with Crippen LogP contribution in [0.4, 0.5) is 0 Å². The highest BCUT2D eigenvalue weighted by Crippen LogP contribution is 2.26. The second-order valence-electron chi connectivity index (χ2n) is 6.92. The standard InChI is InChI=1S/C21H23N3OS2/c1-16-4-2-3-5-17(16)13-23-7-9-24(10-8-23)20(25)12-19-15-27-21(22-19)18-6-11-26-14-18/h2-6,11,14-15H,7-10,12-13H2,1H3. The van der Waals surface area contributed by atoms with Gasteiger partial charge in [0.2, 0.25) is 5.91 Å². The first kappa shape index (κ1) is 18.3. The van der Waals surface area contributed by atoms with Crippen molar-refractivity contribution in [3.05, 3.63) is 63.3 Å². The van der Waals surface area contributed by atoms with Gasteiger partial charge < -0.3 is 4.90 Å². The first-order chi connectivity index (χ1) is 13.2. The van der Waals surface area contributed by atoms with Crippen LogP contribution in [-0.2, 0) is 17.8 Å². The number of carbonyl (C=O) groups excluding carboxylic acids is 1. The summed E-state index contributed by atoms with van der Waals surface area (Å²) in [6.45, 7) is 6.57. The summed E-state index contributed by atoms with van der Waals surface area (Å²) in [5.41, 5.74) is 4.74. The average Bonchev–Trinajstić information content (AvgIpc) is 3.36. The van der Waals surface area contributed by atoms with Crippen LogP contribution >= 0.6 is 22.7 Å². The van der Waals surface area contributed by atoms with Crippen LogP contribution in [0.2, 0.25) is 0 Å². The molecule has 27 heavy (non-hydrogen) atoms. The molecular weight excluding hydrogens is 374 g/mol.